The molecule has 0 unspecified atom stereocenters. The lowest BCUT2D eigenvalue weighted by molar-refractivity contribution is 0.0976. The number of nitrogens with zero attached hydrogens (tertiary/aromatic N) is 1. The number of aryl methyl sites for hydroxylation is 2. The van der Waals surface area contributed by atoms with E-state index in [1.165, 1.54) is 0 Å². The van der Waals surface area contributed by atoms with Gasteiger partial charge >= 0.3 is 0 Å². The van der Waals surface area contributed by atoms with Gasteiger partial charge in [0.2, 0.25) is 11.6 Å². The highest BCUT2D eigenvalue weighted by atomic mass is 32.1. The van der Waals surface area contributed by atoms with Crippen LogP contribution in [0.4, 0.5) is 5.69 Å². The van der Waals surface area contributed by atoms with Gasteiger partial charge in [-0.3, -0.25) is 10.1 Å². The van der Waals surface area contributed by atoms with Crippen molar-refractivity contribution in [3.8, 4) is 28.7 Å². The first-order valence-corrected chi connectivity index (χ1v) is 13.3. The third-order valence-corrected chi connectivity index (χ3v) is 6.24. The number of aromatic nitrogens is 1. The molecule has 9 heteroatoms. The van der Waals surface area contributed by atoms with Gasteiger partial charge in [0.25, 0.3) is 5.91 Å². The predicted octanol–water partition coefficient (Wildman–Crippen LogP) is 6.74. The minimum absolute atomic E-state index is 0.147. The second-order valence-electron chi connectivity index (χ2n) is 8.94. The summed E-state index contributed by atoms with van der Waals surface area (Å²) in [6.07, 6.45) is 0. The Morgan fingerprint density at radius 2 is 1.62 bits per heavy atom. The molecule has 4 aromatic rings. The molecule has 0 aliphatic rings. The molecule has 2 N–H and O–H groups in total. The lowest BCUT2D eigenvalue weighted by Crippen LogP contribution is -2.34. The lowest BCUT2D eigenvalue weighted by Gasteiger charge is -2.17. The Labute approximate surface area is 233 Å². The Kier molecular flexibility index (Phi) is 8.71. The van der Waals surface area contributed by atoms with Gasteiger partial charge in [0.05, 0.1) is 19.8 Å². The fourth-order valence-corrected chi connectivity index (χ4v) is 4.55. The highest BCUT2D eigenvalue weighted by Gasteiger charge is 2.20. The van der Waals surface area contributed by atoms with Gasteiger partial charge in [-0.25, -0.2) is 4.98 Å². The minimum atomic E-state index is -0.406. The van der Waals surface area contributed by atoms with Gasteiger partial charge in [-0.15, -0.1) is 0 Å². The Bertz CT molecular complexity index is 1500. The Hall–Kier alpha value is -4.11. The maximum absolute atomic E-state index is 13.1. The summed E-state index contributed by atoms with van der Waals surface area (Å²) in [6.45, 7) is 12.8. The van der Waals surface area contributed by atoms with Crippen molar-refractivity contribution in [3.63, 3.8) is 0 Å². The summed E-state index contributed by atoms with van der Waals surface area (Å²) in [7, 11) is 0. The summed E-state index contributed by atoms with van der Waals surface area (Å²) in [4.78, 5) is 17.9. The normalized spacial score (nSPS) is 10.8. The van der Waals surface area contributed by atoms with Crippen molar-refractivity contribution in [2.24, 2.45) is 0 Å². The van der Waals surface area contributed by atoms with E-state index in [1.54, 1.807) is 12.1 Å². The van der Waals surface area contributed by atoms with Crippen LogP contribution in [0, 0.1) is 20.8 Å². The molecule has 4 rings (SSSR count). The summed E-state index contributed by atoms with van der Waals surface area (Å²) in [5, 5.41) is 6.02. The number of fused-ring (bicyclic) bond motifs is 1. The van der Waals surface area contributed by atoms with Crippen molar-refractivity contribution >= 4 is 40.0 Å². The smallest absolute Gasteiger partial charge is 0.257 e. The zero-order valence-electron chi connectivity index (χ0n) is 23.1. The molecular formula is C30H33N3O5S. The average molecular weight is 548 g/mol. The summed E-state index contributed by atoms with van der Waals surface area (Å²) in [5.41, 5.74) is 6.52. The molecule has 0 bridgehead atoms. The van der Waals surface area contributed by atoms with E-state index in [0.717, 1.165) is 39.0 Å². The van der Waals surface area contributed by atoms with E-state index in [-0.39, 0.29) is 5.11 Å². The van der Waals surface area contributed by atoms with Crippen LogP contribution in [-0.4, -0.2) is 35.8 Å². The Morgan fingerprint density at radius 3 is 2.26 bits per heavy atom. The lowest BCUT2D eigenvalue weighted by atomic mass is 10.1. The Balaban J connectivity index is 1.56. The maximum atomic E-state index is 13.1. The van der Waals surface area contributed by atoms with Crippen LogP contribution in [0.15, 0.2) is 46.9 Å². The number of ether oxygens (including phenoxy) is 3. The summed E-state index contributed by atoms with van der Waals surface area (Å²) in [5.74, 6) is 1.45. The monoisotopic (exact) mass is 547 g/mol. The van der Waals surface area contributed by atoms with E-state index in [4.69, 9.17) is 35.8 Å². The zero-order valence-corrected chi connectivity index (χ0v) is 23.9. The van der Waals surface area contributed by atoms with Crippen molar-refractivity contribution in [2.45, 2.75) is 41.5 Å². The number of anilines is 1. The SMILES string of the molecule is CCOc1cc(C(=O)NC(=S)Nc2cccc(-c3nc4cc(C)cc(C)c4o3)c2C)cc(OCC)c1OCC. The molecule has 0 radical (unpaired) electrons. The molecule has 0 spiro atoms. The van der Waals surface area contributed by atoms with Gasteiger partial charge < -0.3 is 23.9 Å². The first kappa shape index (κ1) is 27.9. The number of carbonyl (C=O) groups is 1. The fraction of sp³-hybridized carbons (Fsp3) is 0.300. The molecule has 39 heavy (non-hydrogen) atoms. The zero-order chi connectivity index (χ0) is 28.1. The highest BCUT2D eigenvalue weighted by molar-refractivity contribution is 7.80. The second-order valence-corrected chi connectivity index (χ2v) is 9.34. The quantitative estimate of drug-likeness (QED) is 0.222. The number of hydrogen-bond donors (Lipinski definition) is 2. The van der Waals surface area contributed by atoms with Gasteiger partial charge in [0, 0.05) is 16.8 Å². The Morgan fingerprint density at radius 1 is 0.949 bits per heavy atom. The van der Waals surface area contributed by atoms with E-state index in [2.05, 4.69) is 16.7 Å². The number of rotatable bonds is 9. The number of carbonyl (C=O) groups excluding carboxylic acids is 1. The molecule has 0 saturated heterocycles. The maximum Gasteiger partial charge on any atom is 0.257 e. The molecule has 3 aromatic carbocycles. The van der Waals surface area contributed by atoms with Gasteiger partial charge in [0.15, 0.2) is 22.2 Å². The van der Waals surface area contributed by atoms with Gasteiger partial charge in [-0.2, -0.15) is 0 Å². The molecule has 1 aromatic heterocycles. The molecule has 0 saturated carbocycles. The van der Waals surface area contributed by atoms with Crippen LogP contribution in [-0.2, 0) is 0 Å². The van der Waals surface area contributed by atoms with Crippen LogP contribution in [0.3, 0.4) is 0 Å². The molecule has 1 amide bonds. The van der Waals surface area contributed by atoms with Crippen molar-refractivity contribution in [2.75, 3.05) is 25.1 Å². The predicted molar refractivity (Wildman–Crippen MR) is 157 cm³/mol. The first-order chi connectivity index (χ1) is 18.7. The topological polar surface area (TPSA) is 94.9 Å². The summed E-state index contributed by atoms with van der Waals surface area (Å²) < 4.78 is 23.3. The fourth-order valence-electron chi connectivity index (χ4n) is 4.34. The van der Waals surface area contributed by atoms with E-state index < -0.39 is 5.91 Å². The van der Waals surface area contributed by atoms with Crippen molar-refractivity contribution < 1.29 is 23.4 Å². The summed E-state index contributed by atoms with van der Waals surface area (Å²) in [6, 6.07) is 13.0. The number of thiocarbonyl (C=S) groups is 1. The number of nitrogens with one attached hydrogen (secondary N) is 2. The number of hydrogen-bond acceptors (Lipinski definition) is 7. The van der Waals surface area contributed by atoms with Gasteiger partial charge in [-0.05, 0) is 101 Å². The van der Waals surface area contributed by atoms with E-state index in [9.17, 15) is 4.79 Å². The molecule has 0 fully saturated rings. The number of amides is 1. The van der Waals surface area contributed by atoms with Crippen LogP contribution < -0.4 is 24.8 Å². The average Bonchev–Trinajstić information content (AvgIpc) is 3.31. The highest BCUT2D eigenvalue weighted by Crippen LogP contribution is 2.39. The standard InChI is InChI=1S/C30H33N3O5S/c1-7-35-24-15-20(16-25(36-8-2)27(24)37-9-3)28(34)33-30(39)32-22-12-10-11-21(19(22)6)29-31-23-14-17(4)13-18(5)26(23)38-29/h10-16H,7-9H2,1-6H3,(H2,32,33,34,39). The van der Waals surface area contributed by atoms with E-state index >= 15 is 0 Å². The number of benzene rings is 3. The summed E-state index contributed by atoms with van der Waals surface area (Å²) >= 11 is 5.48. The molecule has 0 aliphatic carbocycles. The van der Waals surface area contributed by atoms with Gasteiger partial charge in [0.1, 0.15) is 5.52 Å². The van der Waals surface area contributed by atoms with Gasteiger partial charge in [-0.1, -0.05) is 12.1 Å². The molecular weight excluding hydrogens is 514 g/mol. The number of oxazole rings is 1. The molecule has 0 atom stereocenters. The molecule has 1 heterocycles. The van der Waals surface area contributed by atoms with Crippen LogP contribution in [0.5, 0.6) is 17.2 Å². The van der Waals surface area contributed by atoms with Crippen molar-refractivity contribution in [1.82, 2.24) is 10.3 Å². The van der Waals surface area contributed by atoms with E-state index in [0.29, 0.717) is 48.5 Å². The third kappa shape index (κ3) is 6.15. The third-order valence-electron chi connectivity index (χ3n) is 6.03. The second kappa shape index (κ2) is 12.2. The van der Waals surface area contributed by atoms with Crippen LogP contribution >= 0.6 is 12.2 Å². The first-order valence-electron chi connectivity index (χ1n) is 12.9. The van der Waals surface area contributed by atoms with Crippen LogP contribution in [0.2, 0.25) is 0 Å². The molecule has 0 aliphatic heterocycles. The largest absolute Gasteiger partial charge is 0.490 e. The van der Waals surface area contributed by atoms with Crippen LogP contribution in [0.25, 0.3) is 22.6 Å². The van der Waals surface area contributed by atoms with E-state index in [1.807, 2.05) is 65.8 Å². The minimum Gasteiger partial charge on any atom is -0.490 e. The molecule has 8 nitrogen and oxygen atoms in total. The van der Waals surface area contributed by atoms with Crippen molar-refractivity contribution in [1.29, 1.82) is 0 Å². The van der Waals surface area contributed by atoms with Crippen LogP contribution in [0.1, 0.15) is 47.8 Å². The van der Waals surface area contributed by atoms with Crippen molar-refractivity contribution in [3.05, 3.63) is 64.7 Å². The molecule has 204 valence electrons.